The molecule has 5 heterocycles. The molecule has 0 spiro atoms. The lowest BCUT2D eigenvalue weighted by Gasteiger charge is -2.27. The minimum Gasteiger partial charge on any atom is -0.497 e. The van der Waals surface area contributed by atoms with Crippen molar-refractivity contribution in [2.24, 2.45) is 17.0 Å². The molecule has 0 fully saturated rings. The van der Waals surface area contributed by atoms with E-state index < -0.39 is 5.82 Å². The van der Waals surface area contributed by atoms with Crippen LogP contribution in [0, 0.1) is 5.82 Å². The lowest BCUT2D eigenvalue weighted by atomic mass is 10.0. The maximum Gasteiger partial charge on any atom is 0.159 e. The standard InChI is InChI=1S/C28H27FN8O2/c1-15-19(20-12-37(3)35-22(20)13-38)5-6-23-26(32-15)27(31-14-36(23)2)28-33-21-7-8-30-24(25(21)34-28)16-9-17(29)11-18(10-16)39-4/h5-12,15,38H,13-14H2,1-4H3,(H,33,34)/t15-/m0/s1. The second-order valence-corrected chi connectivity index (χ2v) is 9.52. The van der Waals surface area contributed by atoms with E-state index in [0.717, 1.165) is 22.4 Å². The molecule has 0 radical (unpaired) electrons. The number of hydrogen-bond donors (Lipinski definition) is 2. The summed E-state index contributed by atoms with van der Waals surface area (Å²) in [6.07, 6.45) is 7.61. The number of aromatic nitrogens is 5. The number of imidazole rings is 1. The highest BCUT2D eigenvalue weighted by molar-refractivity contribution is 6.53. The zero-order valence-corrected chi connectivity index (χ0v) is 22.0. The molecule has 10 nitrogen and oxygen atoms in total. The molecular formula is C28H27FN8O2. The van der Waals surface area contributed by atoms with Crippen LogP contribution in [0.5, 0.6) is 5.75 Å². The number of methoxy groups -OCH3 is 1. The number of benzene rings is 1. The van der Waals surface area contributed by atoms with Crippen molar-refractivity contribution in [1.82, 2.24) is 29.6 Å². The predicted molar refractivity (Wildman–Crippen MR) is 147 cm³/mol. The molecule has 3 aromatic heterocycles. The van der Waals surface area contributed by atoms with Crippen LogP contribution in [0.4, 0.5) is 4.39 Å². The smallest absolute Gasteiger partial charge is 0.159 e. The highest BCUT2D eigenvalue weighted by Gasteiger charge is 2.30. The SMILES string of the molecule is COc1cc(F)cc(-c2nccc3[nH]c(C4=NCN(C)C5=CC=C(c6cn(C)nc6CO)[C@H](C)N=C54)nc23)c1. The van der Waals surface area contributed by atoms with Crippen LogP contribution in [0.15, 0.2) is 64.5 Å². The number of aliphatic hydroxyl groups excluding tert-OH is 1. The molecule has 4 aromatic rings. The molecule has 0 aliphatic carbocycles. The third-order valence-electron chi connectivity index (χ3n) is 6.88. The van der Waals surface area contributed by atoms with Crippen LogP contribution in [0.3, 0.4) is 0 Å². The third-order valence-corrected chi connectivity index (χ3v) is 6.88. The van der Waals surface area contributed by atoms with Crippen LogP contribution in [-0.2, 0) is 13.7 Å². The van der Waals surface area contributed by atoms with Crippen LogP contribution in [0.1, 0.15) is 24.0 Å². The summed E-state index contributed by atoms with van der Waals surface area (Å²) in [6.45, 7) is 2.27. The Kier molecular flexibility index (Phi) is 6.07. The number of aromatic amines is 1. The number of aliphatic hydroxyl groups is 1. The molecule has 2 N–H and O–H groups in total. The summed E-state index contributed by atoms with van der Waals surface area (Å²) in [7, 11) is 5.29. The van der Waals surface area contributed by atoms with Gasteiger partial charge in [-0.05, 0) is 36.8 Å². The summed E-state index contributed by atoms with van der Waals surface area (Å²) in [5, 5.41) is 14.2. The van der Waals surface area contributed by atoms with Crippen molar-refractivity contribution >= 4 is 28.0 Å². The summed E-state index contributed by atoms with van der Waals surface area (Å²) in [6, 6.07) is 6.06. The second-order valence-electron chi connectivity index (χ2n) is 9.52. The van der Waals surface area contributed by atoms with Crippen molar-refractivity contribution in [2.45, 2.75) is 19.6 Å². The predicted octanol–water partition coefficient (Wildman–Crippen LogP) is 3.50. The number of nitrogens with zero attached hydrogens (tertiary/aromatic N) is 7. The van der Waals surface area contributed by atoms with Gasteiger partial charge in [-0.3, -0.25) is 19.7 Å². The van der Waals surface area contributed by atoms with Gasteiger partial charge in [-0.25, -0.2) is 9.37 Å². The molecule has 1 atom stereocenters. The van der Waals surface area contributed by atoms with Crippen LogP contribution >= 0.6 is 0 Å². The van der Waals surface area contributed by atoms with Crippen molar-refractivity contribution in [2.75, 3.05) is 20.8 Å². The Morgan fingerprint density at radius 3 is 2.82 bits per heavy atom. The van der Waals surface area contributed by atoms with Crippen LogP contribution in [-0.4, -0.2) is 73.0 Å². The Labute approximate surface area is 223 Å². The number of rotatable bonds is 5. The molecule has 1 aromatic carbocycles. The molecule has 6 rings (SSSR count). The molecular weight excluding hydrogens is 499 g/mol. The van der Waals surface area contributed by atoms with Crippen LogP contribution in [0.2, 0.25) is 0 Å². The molecule has 0 unspecified atom stereocenters. The first-order valence-electron chi connectivity index (χ1n) is 12.5. The lowest BCUT2D eigenvalue weighted by Crippen LogP contribution is -2.36. The van der Waals surface area contributed by atoms with Crippen LogP contribution in [0.25, 0.3) is 27.9 Å². The summed E-state index contributed by atoms with van der Waals surface area (Å²) >= 11 is 0. The normalized spacial score (nSPS) is 17.3. The average molecular weight is 527 g/mol. The second kappa shape index (κ2) is 9.59. The van der Waals surface area contributed by atoms with Crippen molar-refractivity contribution < 1.29 is 14.2 Å². The van der Waals surface area contributed by atoms with Crippen molar-refractivity contribution in [3.05, 3.63) is 77.4 Å². The molecule has 0 bridgehead atoms. The van der Waals surface area contributed by atoms with E-state index in [0.29, 0.717) is 52.1 Å². The van der Waals surface area contributed by atoms with Gasteiger partial charge in [-0.1, -0.05) is 6.08 Å². The number of pyridine rings is 1. The van der Waals surface area contributed by atoms with Crippen LogP contribution < -0.4 is 4.74 Å². The van der Waals surface area contributed by atoms with E-state index in [4.69, 9.17) is 19.7 Å². The average Bonchev–Trinajstić information content (AvgIpc) is 3.47. The lowest BCUT2D eigenvalue weighted by molar-refractivity contribution is 0.275. The van der Waals surface area contributed by atoms with E-state index in [1.807, 2.05) is 50.3 Å². The highest BCUT2D eigenvalue weighted by Crippen LogP contribution is 2.31. The summed E-state index contributed by atoms with van der Waals surface area (Å²) in [5.41, 5.74) is 7.09. The van der Waals surface area contributed by atoms with E-state index in [1.165, 1.54) is 19.2 Å². The van der Waals surface area contributed by atoms with E-state index >= 15 is 0 Å². The fourth-order valence-corrected chi connectivity index (χ4v) is 5.00. The molecule has 39 heavy (non-hydrogen) atoms. The van der Waals surface area contributed by atoms with E-state index in [1.54, 1.807) is 16.9 Å². The van der Waals surface area contributed by atoms with E-state index in [-0.39, 0.29) is 12.6 Å². The topological polar surface area (TPSA) is 117 Å². The number of aliphatic imine (C=N–C) groups is 2. The molecule has 198 valence electrons. The quantitative estimate of drug-likeness (QED) is 0.411. The summed E-state index contributed by atoms with van der Waals surface area (Å²) in [4.78, 5) is 24.7. The van der Waals surface area contributed by atoms with Gasteiger partial charge in [0.2, 0.25) is 0 Å². The number of fused-ring (bicyclic) bond motifs is 2. The zero-order chi connectivity index (χ0) is 27.3. The largest absolute Gasteiger partial charge is 0.497 e. The van der Waals surface area contributed by atoms with Gasteiger partial charge in [0.05, 0.1) is 42.4 Å². The van der Waals surface area contributed by atoms with Gasteiger partial charge in [0.25, 0.3) is 0 Å². The van der Waals surface area contributed by atoms with Gasteiger partial charge < -0.3 is 19.7 Å². The fraction of sp³-hybridized carbons (Fsp3) is 0.250. The van der Waals surface area contributed by atoms with Gasteiger partial charge in [-0.2, -0.15) is 5.10 Å². The Bertz CT molecular complexity index is 1730. The molecule has 2 aliphatic rings. The minimum absolute atomic E-state index is 0.160. The number of H-pyrrole nitrogens is 1. The fourth-order valence-electron chi connectivity index (χ4n) is 5.00. The molecule has 2 aliphatic heterocycles. The Morgan fingerprint density at radius 1 is 1.18 bits per heavy atom. The van der Waals surface area contributed by atoms with Crippen molar-refractivity contribution in [1.29, 1.82) is 0 Å². The maximum atomic E-state index is 14.3. The van der Waals surface area contributed by atoms with Crippen molar-refractivity contribution in [3.8, 4) is 17.0 Å². The van der Waals surface area contributed by atoms with Gasteiger partial charge in [-0.15, -0.1) is 0 Å². The first-order chi connectivity index (χ1) is 18.9. The van der Waals surface area contributed by atoms with Gasteiger partial charge in [0.1, 0.15) is 35.2 Å². The van der Waals surface area contributed by atoms with E-state index in [9.17, 15) is 9.50 Å². The number of nitrogens with one attached hydrogen (secondary N) is 1. The molecule has 0 saturated heterocycles. The number of allylic oxidation sites excluding steroid dienone is 3. The van der Waals surface area contributed by atoms with E-state index in [2.05, 4.69) is 15.1 Å². The minimum atomic E-state index is -0.420. The zero-order valence-electron chi connectivity index (χ0n) is 22.0. The number of aryl methyl sites for hydroxylation is 1. The summed E-state index contributed by atoms with van der Waals surface area (Å²) < 4.78 is 21.2. The van der Waals surface area contributed by atoms with Gasteiger partial charge in [0, 0.05) is 43.7 Å². The Balaban J connectivity index is 1.44. The monoisotopic (exact) mass is 526 g/mol. The number of hydrogen-bond acceptors (Lipinski definition) is 8. The molecule has 0 saturated carbocycles. The first kappa shape index (κ1) is 24.7. The highest BCUT2D eigenvalue weighted by atomic mass is 19.1. The van der Waals surface area contributed by atoms with Gasteiger partial charge >= 0.3 is 0 Å². The first-order valence-corrected chi connectivity index (χ1v) is 12.5. The van der Waals surface area contributed by atoms with Crippen molar-refractivity contribution in [3.63, 3.8) is 0 Å². The number of halogens is 1. The molecule has 0 amide bonds. The maximum absolute atomic E-state index is 14.3. The molecule has 11 heteroatoms. The summed E-state index contributed by atoms with van der Waals surface area (Å²) in [5.74, 6) is 0.530. The number of ether oxygens (including phenoxy) is 1. The Hall–Kier alpha value is -4.64. The third kappa shape index (κ3) is 4.30. The van der Waals surface area contributed by atoms with Gasteiger partial charge in [0.15, 0.2) is 5.82 Å². The Morgan fingerprint density at radius 2 is 2.03 bits per heavy atom.